The van der Waals surface area contributed by atoms with Gasteiger partial charge in [0.05, 0.1) is 13.7 Å². The number of ether oxygens (including phenoxy) is 3. The molecular formula is C15H15F3O4. The Hall–Kier alpha value is -2.18. The number of halogens is 3. The fourth-order valence-electron chi connectivity index (χ4n) is 2.21. The van der Waals surface area contributed by atoms with Gasteiger partial charge in [-0.05, 0) is 25.1 Å². The maximum absolute atomic E-state index is 13.6. The molecule has 1 aromatic carbocycles. The molecule has 0 spiro atoms. The highest BCUT2D eigenvalue weighted by molar-refractivity contribution is 5.86. The number of hydrogen-bond donors (Lipinski definition) is 0. The molecule has 0 N–H and O–H groups in total. The van der Waals surface area contributed by atoms with Gasteiger partial charge in [-0.3, -0.25) is 0 Å². The van der Waals surface area contributed by atoms with Crippen molar-refractivity contribution in [3.05, 3.63) is 41.7 Å². The molecule has 0 saturated carbocycles. The van der Waals surface area contributed by atoms with Crippen molar-refractivity contribution < 1.29 is 32.2 Å². The van der Waals surface area contributed by atoms with Crippen LogP contribution in [0.1, 0.15) is 18.9 Å². The van der Waals surface area contributed by atoms with Crippen LogP contribution < -0.4 is 4.74 Å². The molecule has 2 rings (SSSR count). The highest BCUT2D eigenvalue weighted by Crippen LogP contribution is 2.50. The molecule has 0 saturated heterocycles. The van der Waals surface area contributed by atoms with E-state index >= 15 is 0 Å². The van der Waals surface area contributed by atoms with E-state index in [1.54, 1.807) is 6.92 Å². The van der Waals surface area contributed by atoms with Gasteiger partial charge in [-0.15, -0.1) is 0 Å². The summed E-state index contributed by atoms with van der Waals surface area (Å²) in [5.74, 6) is -0.894. The van der Waals surface area contributed by atoms with Crippen LogP contribution in [0.25, 0.3) is 0 Å². The van der Waals surface area contributed by atoms with Crippen LogP contribution >= 0.6 is 0 Å². The van der Waals surface area contributed by atoms with Gasteiger partial charge < -0.3 is 14.2 Å². The summed E-state index contributed by atoms with van der Waals surface area (Å²) in [7, 11) is 1.42. The van der Waals surface area contributed by atoms with Crippen LogP contribution in [0.4, 0.5) is 13.2 Å². The summed E-state index contributed by atoms with van der Waals surface area (Å²) in [5.41, 5.74) is -2.68. The molecule has 0 aromatic heterocycles. The minimum absolute atomic E-state index is 0.0566. The molecule has 0 bridgehead atoms. The van der Waals surface area contributed by atoms with E-state index in [9.17, 15) is 18.0 Å². The van der Waals surface area contributed by atoms with E-state index in [0.717, 1.165) is 6.08 Å². The highest BCUT2D eigenvalue weighted by atomic mass is 19.4. The lowest BCUT2D eigenvalue weighted by molar-refractivity contribution is -0.265. The number of hydrogen-bond acceptors (Lipinski definition) is 4. The van der Waals surface area contributed by atoms with Crippen molar-refractivity contribution in [2.75, 3.05) is 13.7 Å². The number of esters is 1. The summed E-state index contributed by atoms with van der Waals surface area (Å²) in [4.78, 5) is 11.6. The third kappa shape index (κ3) is 2.75. The van der Waals surface area contributed by atoms with E-state index in [1.807, 2.05) is 0 Å². The van der Waals surface area contributed by atoms with Crippen LogP contribution in [0.2, 0.25) is 0 Å². The SMILES string of the molecule is CCOC(=O)C1=CCC(c2ccc(OC)cc2)(C(F)(F)F)O1. The lowest BCUT2D eigenvalue weighted by atomic mass is 9.90. The number of carbonyl (C=O) groups is 1. The molecule has 120 valence electrons. The van der Waals surface area contributed by atoms with Crippen molar-refractivity contribution in [1.82, 2.24) is 0 Å². The first-order valence-electron chi connectivity index (χ1n) is 6.61. The Morgan fingerprint density at radius 3 is 2.45 bits per heavy atom. The Balaban J connectivity index is 2.34. The second-order valence-corrected chi connectivity index (χ2v) is 4.65. The number of carbonyl (C=O) groups excluding carboxylic acids is 1. The molecule has 0 fully saturated rings. The van der Waals surface area contributed by atoms with Gasteiger partial charge in [0.1, 0.15) is 5.75 Å². The van der Waals surface area contributed by atoms with Crippen molar-refractivity contribution in [2.45, 2.75) is 25.1 Å². The molecule has 0 amide bonds. The molecular weight excluding hydrogens is 301 g/mol. The molecule has 7 heteroatoms. The largest absolute Gasteiger partial charge is 0.497 e. The molecule has 1 aromatic rings. The zero-order valence-corrected chi connectivity index (χ0v) is 12.1. The summed E-state index contributed by atoms with van der Waals surface area (Å²) >= 11 is 0. The average molecular weight is 316 g/mol. The van der Waals surface area contributed by atoms with Crippen LogP contribution in [-0.2, 0) is 19.9 Å². The molecule has 0 radical (unpaired) electrons. The van der Waals surface area contributed by atoms with Gasteiger partial charge >= 0.3 is 12.1 Å². The first kappa shape index (κ1) is 16.2. The van der Waals surface area contributed by atoms with Crippen molar-refractivity contribution in [3.63, 3.8) is 0 Å². The molecule has 1 heterocycles. The smallest absolute Gasteiger partial charge is 0.432 e. The Kier molecular flexibility index (Phi) is 4.35. The lowest BCUT2D eigenvalue weighted by Crippen LogP contribution is -2.42. The third-order valence-electron chi connectivity index (χ3n) is 3.35. The summed E-state index contributed by atoms with van der Waals surface area (Å²) in [5, 5.41) is 0. The molecule has 22 heavy (non-hydrogen) atoms. The lowest BCUT2D eigenvalue weighted by Gasteiger charge is -2.32. The quantitative estimate of drug-likeness (QED) is 0.799. The second kappa shape index (κ2) is 5.90. The second-order valence-electron chi connectivity index (χ2n) is 4.65. The van der Waals surface area contributed by atoms with E-state index in [0.29, 0.717) is 5.75 Å². The molecule has 1 atom stereocenters. The van der Waals surface area contributed by atoms with Crippen LogP contribution in [0.15, 0.2) is 36.1 Å². The van der Waals surface area contributed by atoms with Gasteiger partial charge in [0.2, 0.25) is 11.4 Å². The van der Waals surface area contributed by atoms with Crippen molar-refractivity contribution >= 4 is 5.97 Å². The standard InChI is InChI=1S/C15H15F3O4/c1-3-21-13(19)12-8-9-14(22-12,15(16,17)18)10-4-6-11(20-2)7-5-10/h4-8H,3,9H2,1-2H3. The summed E-state index contributed by atoms with van der Waals surface area (Å²) in [6.45, 7) is 1.62. The first-order valence-corrected chi connectivity index (χ1v) is 6.61. The summed E-state index contributed by atoms with van der Waals surface area (Å²) in [6, 6.07) is 5.37. The van der Waals surface area contributed by atoms with Gasteiger partial charge in [-0.1, -0.05) is 12.1 Å². The van der Waals surface area contributed by atoms with E-state index in [-0.39, 0.29) is 12.2 Å². The van der Waals surface area contributed by atoms with E-state index in [1.165, 1.54) is 31.4 Å². The average Bonchev–Trinajstić information content (AvgIpc) is 2.94. The minimum atomic E-state index is -4.69. The minimum Gasteiger partial charge on any atom is -0.497 e. The third-order valence-corrected chi connectivity index (χ3v) is 3.35. The van der Waals surface area contributed by atoms with Crippen LogP contribution in [-0.4, -0.2) is 25.9 Å². The number of benzene rings is 1. The van der Waals surface area contributed by atoms with Gasteiger partial charge in [-0.2, -0.15) is 13.2 Å². The summed E-state index contributed by atoms with van der Waals surface area (Å²) in [6.07, 6.45) is -4.07. The maximum Gasteiger partial charge on any atom is 0.432 e. The monoisotopic (exact) mass is 316 g/mol. The van der Waals surface area contributed by atoms with Crippen molar-refractivity contribution in [3.8, 4) is 5.75 Å². The van der Waals surface area contributed by atoms with Crippen molar-refractivity contribution in [2.24, 2.45) is 0 Å². The highest BCUT2D eigenvalue weighted by Gasteiger charge is 2.61. The zero-order chi connectivity index (χ0) is 16.4. The van der Waals surface area contributed by atoms with E-state index in [2.05, 4.69) is 4.74 Å². The predicted octanol–water partition coefficient (Wildman–Crippen LogP) is 3.32. The Labute approximate surface area is 125 Å². The normalized spacial score (nSPS) is 21.0. The molecule has 1 unspecified atom stereocenters. The van der Waals surface area contributed by atoms with Crippen LogP contribution in [0.5, 0.6) is 5.75 Å². The van der Waals surface area contributed by atoms with Gasteiger partial charge in [0, 0.05) is 12.0 Å². The Bertz CT molecular complexity index is 577. The first-order chi connectivity index (χ1) is 10.3. The fraction of sp³-hybridized carbons (Fsp3) is 0.400. The maximum atomic E-state index is 13.6. The predicted molar refractivity (Wildman–Crippen MR) is 71.1 cm³/mol. The number of alkyl halides is 3. The van der Waals surface area contributed by atoms with Gasteiger partial charge in [0.15, 0.2) is 0 Å². The topological polar surface area (TPSA) is 44.8 Å². The van der Waals surface area contributed by atoms with E-state index < -0.39 is 29.9 Å². The van der Waals surface area contributed by atoms with Gasteiger partial charge in [0.25, 0.3) is 0 Å². The zero-order valence-electron chi connectivity index (χ0n) is 12.1. The molecule has 0 aliphatic carbocycles. The number of methoxy groups -OCH3 is 1. The van der Waals surface area contributed by atoms with Crippen LogP contribution in [0.3, 0.4) is 0 Å². The molecule has 1 aliphatic rings. The fourth-order valence-corrected chi connectivity index (χ4v) is 2.21. The summed E-state index contributed by atoms with van der Waals surface area (Å²) < 4.78 is 55.3. The van der Waals surface area contributed by atoms with Gasteiger partial charge in [-0.25, -0.2) is 4.79 Å². The van der Waals surface area contributed by atoms with Crippen LogP contribution in [0, 0.1) is 0 Å². The molecule has 1 aliphatic heterocycles. The Morgan fingerprint density at radius 2 is 1.95 bits per heavy atom. The van der Waals surface area contributed by atoms with Crippen molar-refractivity contribution in [1.29, 1.82) is 0 Å². The Morgan fingerprint density at radius 1 is 1.32 bits per heavy atom. The molecule has 4 nitrogen and oxygen atoms in total. The van der Waals surface area contributed by atoms with E-state index in [4.69, 9.17) is 9.47 Å². The number of rotatable bonds is 4.